The zero-order valence-electron chi connectivity index (χ0n) is 19.1. The van der Waals surface area contributed by atoms with E-state index in [2.05, 4.69) is 16.9 Å². The summed E-state index contributed by atoms with van der Waals surface area (Å²) >= 11 is 0. The van der Waals surface area contributed by atoms with Crippen molar-refractivity contribution in [2.24, 2.45) is 17.8 Å². The topological polar surface area (TPSA) is 9.23 Å². The van der Waals surface area contributed by atoms with E-state index in [4.69, 9.17) is 0 Å². The molecule has 0 amide bonds. The maximum Gasteiger partial charge on any atom is 0.573 e. The quantitative estimate of drug-likeness (QED) is 0.194. The van der Waals surface area contributed by atoms with Gasteiger partial charge in [-0.05, 0) is 112 Å². The molecule has 2 fully saturated rings. The molecule has 180 valence electrons. The van der Waals surface area contributed by atoms with Gasteiger partial charge in [0.1, 0.15) is 5.75 Å². The predicted molar refractivity (Wildman–Crippen MR) is 121 cm³/mol. The summed E-state index contributed by atoms with van der Waals surface area (Å²) < 4.78 is 53.0. The average Bonchev–Trinajstić information content (AvgIpc) is 2.78. The van der Waals surface area contributed by atoms with E-state index in [1.807, 2.05) is 0 Å². The lowest BCUT2D eigenvalue weighted by Gasteiger charge is -2.31. The molecule has 0 aliphatic heterocycles. The number of ether oxygens (including phenoxy) is 1. The second-order valence-corrected chi connectivity index (χ2v) is 9.81. The van der Waals surface area contributed by atoms with Crippen molar-refractivity contribution < 1.29 is 22.3 Å². The molecule has 1 aromatic carbocycles. The van der Waals surface area contributed by atoms with Crippen molar-refractivity contribution in [3.8, 4) is 5.75 Å². The van der Waals surface area contributed by atoms with Gasteiger partial charge in [0.05, 0.1) is 6.67 Å². The Balaban J connectivity index is 1.30. The average molecular weight is 455 g/mol. The third-order valence-electron chi connectivity index (χ3n) is 7.47. The van der Waals surface area contributed by atoms with Gasteiger partial charge in [0.25, 0.3) is 0 Å². The van der Waals surface area contributed by atoms with Crippen molar-refractivity contribution in [3.05, 3.63) is 42.0 Å². The summed E-state index contributed by atoms with van der Waals surface area (Å²) in [5.41, 5.74) is 1.13. The van der Waals surface area contributed by atoms with E-state index in [0.29, 0.717) is 12.3 Å². The lowest BCUT2D eigenvalue weighted by Crippen LogP contribution is -2.18. The molecular weight excluding hydrogens is 416 g/mol. The van der Waals surface area contributed by atoms with E-state index in [1.54, 1.807) is 12.1 Å². The van der Waals surface area contributed by atoms with Crippen LogP contribution >= 0.6 is 0 Å². The van der Waals surface area contributed by atoms with Crippen molar-refractivity contribution in [1.29, 1.82) is 0 Å². The van der Waals surface area contributed by atoms with Crippen LogP contribution in [0, 0.1) is 17.8 Å². The van der Waals surface area contributed by atoms with Crippen molar-refractivity contribution in [1.82, 2.24) is 0 Å². The van der Waals surface area contributed by atoms with Gasteiger partial charge in [-0.25, -0.2) is 0 Å². The highest BCUT2D eigenvalue weighted by Gasteiger charge is 2.31. The summed E-state index contributed by atoms with van der Waals surface area (Å²) in [5, 5.41) is 0. The summed E-state index contributed by atoms with van der Waals surface area (Å²) in [6, 6.07) is 6.45. The third-order valence-corrected chi connectivity index (χ3v) is 7.47. The summed E-state index contributed by atoms with van der Waals surface area (Å²) in [5.74, 6) is 2.70. The Morgan fingerprint density at radius 1 is 0.812 bits per heavy atom. The molecule has 1 nitrogen and oxygen atoms in total. The maximum atomic E-state index is 12.3. The molecule has 2 saturated carbocycles. The second kappa shape index (κ2) is 12.6. The zero-order valence-corrected chi connectivity index (χ0v) is 19.1. The minimum absolute atomic E-state index is 0.142. The molecule has 0 atom stereocenters. The molecule has 0 bridgehead atoms. The van der Waals surface area contributed by atoms with Crippen LogP contribution in [0.4, 0.5) is 17.6 Å². The number of benzene rings is 1. The van der Waals surface area contributed by atoms with Crippen molar-refractivity contribution in [2.45, 2.75) is 95.8 Å². The number of hydrogen-bond donors (Lipinski definition) is 0. The number of hydrogen-bond acceptors (Lipinski definition) is 1. The Labute approximate surface area is 190 Å². The molecular formula is C27H38F4O. The molecule has 0 spiro atoms. The molecule has 3 rings (SSSR count). The summed E-state index contributed by atoms with van der Waals surface area (Å²) in [6.45, 7) is -0.200. The number of halogens is 4. The molecule has 0 radical (unpaired) electrons. The third kappa shape index (κ3) is 8.78. The van der Waals surface area contributed by atoms with Gasteiger partial charge in [-0.1, -0.05) is 37.1 Å². The second-order valence-electron chi connectivity index (χ2n) is 9.81. The van der Waals surface area contributed by atoms with Gasteiger partial charge < -0.3 is 4.74 Å². The fraction of sp³-hybridized carbons (Fsp3) is 0.704. The lowest BCUT2D eigenvalue weighted by molar-refractivity contribution is -0.274. The van der Waals surface area contributed by atoms with Crippen LogP contribution in [0.15, 0.2) is 36.4 Å². The van der Waals surface area contributed by atoms with Gasteiger partial charge in [0.2, 0.25) is 0 Å². The smallest absolute Gasteiger partial charge is 0.406 e. The zero-order chi connectivity index (χ0) is 22.8. The van der Waals surface area contributed by atoms with E-state index in [0.717, 1.165) is 49.0 Å². The van der Waals surface area contributed by atoms with E-state index in [1.165, 1.54) is 63.5 Å². The molecule has 0 N–H and O–H groups in total. The molecule has 32 heavy (non-hydrogen) atoms. The fourth-order valence-corrected chi connectivity index (χ4v) is 5.51. The van der Waals surface area contributed by atoms with Gasteiger partial charge in [-0.3, -0.25) is 4.39 Å². The van der Waals surface area contributed by atoms with Crippen LogP contribution in [0.3, 0.4) is 0 Å². The molecule has 5 heteroatoms. The fourth-order valence-electron chi connectivity index (χ4n) is 5.51. The Hall–Kier alpha value is -1.52. The van der Waals surface area contributed by atoms with Gasteiger partial charge >= 0.3 is 6.36 Å². The van der Waals surface area contributed by atoms with Crippen LogP contribution in [0.2, 0.25) is 0 Å². The van der Waals surface area contributed by atoms with Crippen LogP contribution in [-0.4, -0.2) is 13.0 Å². The number of unbranched alkanes of at least 4 members (excludes halogenated alkanes) is 2. The highest BCUT2D eigenvalue weighted by molar-refractivity contribution is 5.29. The number of rotatable bonds is 10. The van der Waals surface area contributed by atoms with Crippen molar-refractivity contribution in [3.63, 3.8) is 0 Å². The Morgan fingerprint density at radius 2 is 1.41 bits per heavy atom. The lowest BCUT2D eigenvalue weighted by atomic mass is 9.74. The monoisotopic (exact) mass is 454 g/mol. The van der Waals surface area contributed by atoms with Crippen molar-refractivity contribution in [2.75, 3.05) is 6.67 Å². The number of allylic oxidation sites excluding steroid dienone is 2. The van der Waals surface area contributed by atoms with Crippen LogP contribution in [0.1, 0.15) is 95.0 Å². The SMILES string of the molecule is FCCCC/C=C/C1CCC(CCC2CCC(c3ccc(OC(F)(F)F)cc3)CC2)CC1. The van der Waals surface area contributed by atoms with Crippen LogP contribution in [0.5, 0.6) is 5.75 Å². The molecule has 1 aromatic rings. The molecule has 0 aromatic heterocycles. The van der Waals surface area contributed by atoms with Crippen molar-refractivity contribution >= 4 is 0 Å². The Bertz CT molecular complexity index is 666. The van der Waals surface area contributed by atoms with Gasteiger partial charge in [-0.15, -0.1) is 13.2 Å². The van der Waals surface area contributed by atoms with E-state index >= 15 is 0 Å². The summed E-state index contributed by atoms with van der Waals surface area (Å²) in [6.07, 6.45) is 15.3. The van der Waals surface area contributed by atoms with E-state index in [-0.39, 0.29) is 12.4 Å². The van der Waals surface area contributed by atoms with Gasteiger partial charge in [0, 0.05) is 0 Å². The molecule has 2 aliphatic carbocycles. The molecule has 0 saturated heterocycles. The minimum Gasteiger partial charge on any atom is -0.406 e. The normalized spacial score (nSPS) is 27.0. The molecule has 0 heterocycles. The highest BCUT2D eigenvalue weighted by Crippen LogP contribution is 2.40. The van der Waals surface area contributed by atoms with E-state index in [9.17, 15) is 17.6 Å². The van der Waals surface area contributed by atoms with Crippen LogP contribution in [0.25, 0.3) is 0 Å². The first-order valence-electron chi connectivity index (χ1n) is 12.5. The first-order valence-corrected chi connectivity index (χ1v) is 12.5. The molecule has 0 unspecified atom stereocenters. The predicted octanol–water partition coefficient (Wildman–Crippen LogP) is 9.14. The summed E-state index contributed by atoms with van der Waals surface area (Å²) in [4.78, 5) is 0. The van der Waals surface area contributed by atoms with Crippen LogP contribution < -0.4 is 4.74 Å². The maximum absolute atomic E-state index is 12.3. The van der Waals surface area contributed by atoms with Crippen LogP contribution in [-0.2, 0) is 0 Å². The Morgan fingerprint density at radius 3 is 1.97 bits per heavy atom. The van der Waals surface area contributed by atoms with Gasteiger partial charge in [-0.2, -0.15) is 0 Å². The largest absolute Gasteiger partial charge is 0.573 e. The van der Waals surface area contributed by atoms with E-state index < -0.39 is 6.36 Å². The van der Waals surface area contributed by atoms with Gasteiger partial charge in [0.15, 0.2) is 0 Å². The first-order chi connectivity index (χ1) is 15.4. The first kappa shape index (κ1) is 25.1. The Kier molecular flexibility index (Phi) is 9.92. The summed E-state index contributed by atoms with van der Waals surface area (Å²) in [7, 11) is 0. The standard InChI is InChI=1S/C27H38F4O/c28-20-4-2-1-3-5-21-6-8-22(9-7-21)10-11-23-12-14-24(15-13-23)25-16-18-26(19-17-25)32-27(29,30)31/h3,5,16-19,21-24H,1-2,4,6-15,20H2/b5-3+. The number of alkyl halides is 4. The highest BCUT2D eigenvalue weighted by atomic mass is 19.4. The molecule has 2 aliphatic rings. The minimum atomic E-state index is -4.63.